The second-order valence-electron chi connectivity index (χ2n) is 7.99. The molecule has 4 rings (SSSR count). The van der Waals surface area contributed by atoms with Crippen molar-refractivity contribution in [3.63, 3.8) is 0 Å². The van der Waals surface area contributed by atoms with Crippen molar-refractivity contribution in [2.24, 2.45) is 5.92 Å². The summed E-state index contributed by atoms with van der Waals surface area (Å²) in [6.45, 7) is 6.54. The molecule has 2 aromatic heterocycles. The smallest absolute Gasteiger partial charge is 0.246 e. The van der Waals surface area contributed by atoms with Gasteiger partial charge in [-0.25, -0.2) is 13.4 Å². The highest BCUT2D eigenvalue weighted by Gasteiger charge is 2.31. The third kappa shape index (κ3) is 4.34. The van der Waals surface area contributed by atoms with Crippen molar-refractivity contribution < 1.29 is 8.42 Å². The molecule has 0 radical (unpaired) electrons. The van der Waals surface area contributed by atoms with E-state index < -0.39 is 10.0 Å². The van der Waals surface area contributed by atoms with Crippen LogP contribution in [0.1, 0.15) is 36.8 Å². The number of imidazole rings is 1. The van der Waals surface area contributed by atoms with E-state index in [1.807, 2.05) is 31.3 Å². The monoisotopic (exact) mass is 427 g/mol. The number of hydrogen-bond donors (Lipinski definition) is 0. The van der Waals surface area contributed by atoms with E-state index in [4.69, 9.17) is 0 Å². The molecule has 1 saturated heterocycles. The van der Waals surface area contributed by atoms with Crippen LogP contribution >= 0.6 is 0 Å². The topological polar surface area (TPSA) is 73.0 Å². The van der Waals surface area contributed by atoms with Gasteiger partial charge < -0.3 is 4.57 Å². The van der Waals surface area contributed by atoms with E-state index in [2.05, 4.69) is 33.7 Å². The number of piperidine rings is 1. The molecule has 1 atom stereocenters. The van der Waals surface area contributed by atoms with Gasteiger partial charge in [-0.05, 0) is 38.2 Å². The van der Waals surface area contributed by atoms with Crippen molar-refractivity contribution in [1.82, 2.24) is 23.6 Å². The van der Waals surface area contributed by atoms with Gasteiger partial charge in [-0.15, -0.1) is 0 Å². The summed E-state index contributed by atoms with van der Waals surface area (Å²) in [4.78, 5) is 4.93. The lowest BCUT2D eigenvalue weighted by atomic mass is 9.96. The van der Waals surface area contributed by atoms with Gasteiger partial charge in [0.15, 0.2) is 0 Å². The van der Waals surface area contributed by atoms with Crippen LogP contribution in [-0.4, -0.2) is 45.1 Å². The van der Waals surface area contributed by atoms with Gasteiger partial charge in [-0.1, -0.05) is 30.3 Å². The summed E-state index contributed by atoms with van der Waals surface area (Å²) in [6.07, 6.45) is 7.64. The first kappa shape index (κ1) is 20.8. The van der Waals surface area contributed by atoms with Crippen LogP contribution in [-0.2, 0) is 29.5 Å². The van der Waals surface area contributed by atoms with Crippen molar-refractivity contribution in [3.8, 4) is 0 Å². The van der Waals surface area contributed by atoms with Gasteiger partial charge >= 0.3 is 0 Å². The molecule has 1 fully saturated rings. The van der Waals surface area contributed by atoms with Crippen LogP contribution in [0.4, 0.5) is 0 Å². The average molecular weight is 428 g/mol. The summed E-state index contributed by atoms with van der Waals surface area (Å²) in [5.41, 5.74) is 2.36. The fourth-order valence-corrected chi connectivity index (χ4v) is 5.64. The van der Waals surface area contributed by atoms with Crippen LogP contribution in [0.5, 0.6) is 0 Å². The quantitative estimate of drug-likeness (QED) is 0.581. The minimum absolute atomic E-state index is 0.256. The molecule has 30 heavy (non-hydrogen) atoms. The van der Waals surface area contributed by atoms with Crippen LogP contribution < -0.4 is 0 Å². The second kappa shape index (κ2) is 8.73. The van der Waals surface area contributed by atoms with Crippen LogP contribution in [0.2, 0.25) is 0 Å². The summed E-state index contributed by atoms with van der Waals surface area (Å²) in [6, 6.07) is 10.4. The van der Waals surface area contributed by atoms with E-state index in [1.165, 1.54) is 11.8 Å². The molecule has 3 aromatic rings. The van der Waals surface area contributed by atoms with Gasteiger partial charge in [0, 0.05) is 50.7 Å². The van der Waals surface area contributed by atoms with Crippen LogP contribution in [0.15, 0.2) is 53.8 Å². The molecule has 0 bridgehead atoms. The molecule has 7 nitrogen and oxygen atoms in total. The highest BCUT2D eigenvalue weighted by atomic mass is 32.2. The van der Waals surface area contributed by atoms with Crippen molar-refractivity contribution >= 4 is 10.0 Å². The van der Waals surface area contributed by atoms with E-state index in [0.29, 0.717) is 19.6 Å². The zero-order valence-corrected chi connectivity index (χ0v) is 18.4. The highest BCUT2D eigenvalue weighted by molar-refractivity contribution is 7.89. The summed E-state index contributed by atoms with van der Waals surface area (Å²) >= 11 is 0. The number of aromatic nitrogens is 4. The van der Waals surface area contributed by atoms with E-state index in [9.17, 15) is 8.42 Å². The Morgan fingerprint density at radius 3 is 2.70 bits per heavy atom. The Kier molecular flexibility index (Phi) is 6.06. The molecule has 0 aliphatic carbocycles. The molecular weight excluding hydrogens is 398 g/mol. The number of rotatable bonds is 7. The Balaban J connectivity index is 1.48. The molecule has 0 amide bonds. The minimum atomic E-state index is -3.51. The highest BCUT2D eigenvalue weighted by Crippen LogP contribution is 2.26. The number of aryl methyl sites for hydroxylation is 2. The number of hydrogen-bond acceptors (Lipinski definition) is 4. The van der Waals surface area contributed by atoms with Crippen molar-refractivity contribution in [1.29, 1.82) is 0 Å². The summed E-state index contributed by atoms with van der Waals surface area (Å²) in [7, 11) is -3.51. The van der Waals surface area contributed by atoms with E-state index in [-0.39, 0.29) is 10.8 Å². The Labute approximate surface area is 178 Å². The van der Waals surface area contributed by atoms with Gasteiger partial charge in [-0.2, -0.15) is 9.40 Å². The maximum atomic E-state index is 13.1. The predicted molar refractivity (Wildman–Crippen MR) is 116 cm³/mol. The molecule has 8 heteroatoms. The third-order valence-electron chi connectivity index (χ3n) is 5.85. The first-order valence-corrected chi connectivity index (χ1v) is 12.0. The number of nitrogens with zero attached hydrogens (tertiary/aromatic N) is 5. The Hall–Kier alpha value is -2.45. The van der Waals surface area contributed by atoms with Crippen LogP contribution in [0.3, 0.4) is 0 Å². The maximum absolute atomic E-state index is 13.1. The Morgan fingerprint density at radius 1 is 1.17 bits per heavy atom. The van der Waals surface area contributed by atoms with Crippen molar-refractivity contribution in [2.75, 3.05) is 13.1 Å². The Morgan fingerprint density at radius 2 is 1.97 bits per heavy atom. The summed E-state index contributed by atoms with van der Waals surface area (Å²) < 4.78 is 31.7. The van der Waals surface area contributed by atoms with Crippen LogP contribution in [0, 0.1) is 12.8 Å². The number of sulfonamides is 1. The van der Waals surface area contributed by atoms with Gasteiger partial charge in [0.2, 0.25) is 10.0 Å². The van der Waals surface area contributed by atoms with Crippen LogP contribution in [0.25, 0.3) is 0 Å². The molecule has 1 aromatic carbocycles. The first-order chi connectivity index (χ1) is 14.5. The largest absolute Gasteiger partial charge is 0.328 e. The standard InChI is InChI=1S/C22H29N5O2S/c1-3-25-17-21(14-24-25)30(28,29)26-11-7-10-20(15-26)12-22-23-13-18(2)27(22)16-19-8-5-4-6-9-19/h4-6,8-9,13-14,17,20H,3,7,10-12,15-16H2,1-2H3. The van der Waals surface area contributed by atoms with Gasteiger partial charge in [-0.3, -0.25) is 4.68 Å². The lowest BCUT2D eigenvalue weighted by molar-refractivity contribution is 0.261. The first-order valence-electron chi connectivity index (χ1n) is 10.5. The molecular formula is C22H29N5O2S. The molecule has 1 aliphatic rings. The number of benzene rings is 1. The van der Waals surface area contributed by atoms with E-state index >= 15 is 0 Å². The lowest BCUT2D eigenvalue weighted by Crippen LogP contribution is -2.40. The van der Waals surface area contributed by atoms with Crippen molar-refractivity contribution in [3.05, 3.63) is 66.0 Å². The summed E-state index contributed by atoms with van der Waals surface area (Å²) in [5, 5.41) is 4.13. The zero-order chi connectivity index (χ0) is 21.1. The predicted octanol–water partition coefficient (Wildman–Crippen LogP) is 3.10. The summed E-state index contributed by atoms with van der Waals surface area (Å²) in [5.74, 6) is 1.28. The lowest BCUT2D eigenvalue weighted by Gasteiger charge is -2.31. The molecule has 0 spiro atoms. The van der Waals surface area contributed by atoms with Gasteiger partial charge in [0.1, 0.15) is 10.7 Å². The molecule has 1 aliphatic heterocycles. The van der Waals surface area contributed by atoms with E-state index in [0.717, 1.165) is 37.3 Å². The Bertz CT molecular complexity index is 1090. The molecule has 160 valence electrons. The second-order valence-corrected chi connectivity index (χ2v) is 9.93. The third-order valence-corrected chi connectivity index (χ3v) is 7.66. The van der Waals surface area contributed by atoms with E-state index in [1.54, 1.807) is 15.2 Å². The zero-order valence-electron chi connectivity index (χ0n) is 17.6. The fraction of sp³-hybridized carbons (Fsp3) is 0.455. The molecule has 0 saturated carbocycles. The maximum Gasteiger partial charge on any atom is 0.246 e. The molecule has 1 unspecified atom stereocenters. The normalized spacial score (nSPS) is 18.0. The molecule has 3 heterocycles. The average Bonchev–Trinajstić information content (AvgIpc) is 3.38. The fourth-order valence-electron chi connectivity index (χ4n) is 4.13. The van der Waals surface area contributed by atoms with Gasteiger partial charge in [0.25, 0.3) is 0 Å². The van der Waals surface area contributed by atoms with Crippen molar-refractivity contribution in [2.45, 2.75) is 51.1 Å². The minimum Gasteiger partial charge on any atom is -0.328 e. The SMILES string of the molecule is CCn1cc(S(=O)(=O)N2CCCC(Cc3ncc(C)n3Cc3ccccc3)C2)cn1. The molecule has 0 N–H and O–H groups in total. The van der Waals surface area contributed by atoms with Gasteiger partial charge in [0.05, 0.1) is 6.20 Å².